The van der Waals surface area contributed by atoms with E-state index >= 15 is 0 Å². The number of amides is 1. The Balaban J connectivity index is 1.51. The van der Waals surface area contributed by atoms with Crippen LogP contribution in [0.3, 0.4) is 0 Å². The van der Waals surface area contributed by atoms with Crippen molar-refractivity contribution >= 4 is 16.9 Å². The van der Waals surface area contributed by atoms with Gasteiger partial charge in [-0.15, -0.1) is 0 Å². The van der Waals surface area contributed by atoms with Gasteiger partial charge in [0.2, 0.25) is 5.91 Å². The lowest BCUT2D eigenvalue weighted by atomic mass is 9.98. The average Bonchev–Trinajstić information content (AvgIpc) is 3.43. The van der Waals surface area contributed by atoms with Crippen LogP contribution in [0.5, 0.6) is 0 Å². The van der Waals surface area contributed by atoms with Gasteiger partial charge in [-0.2, -0.15) is 0 Å². The molecule has 5 heteroatoms. The predicted octanol–water partition coefficient (Wildman–Crippen LogP) is 4.94. The molecule has 1 atom stereocenters. The third-order valence-corrected chi connectivity index (χ3v) is 6.07. The number of hydrogen-bond acceptors (Lipinski definition) is 3. The van der Waals surface area contributed by atoms with E-state index in [1.165, 1.54) is 11.1 Å². The molecule has 1 unspecified atom stereocenters. The lowest BCUT2D eigenvalue weighted by Crippen LogP contribution is -2.25. The summed E-state index contributed by atoms with van der Waals surface area (Å²) in [6, 6.07) is 18.8. The predicted molar refractivity (Wildman–Crippen MR) is 119 cm³/mol. The van der Waals surface area contributed by atoms with Crippen molar-refractivity contribution in [2.75, 3.05) is 13.1 Å². The standard InChI is InChI=1S/C25H24N4O/c1-16-23-24(22(14-26-16)21-12-13-29(15-21)17(2)30)28-25(27-23)20-10-8-19(9-11-20)18-6-4-3-5-7-18/h3-11,14,21H,12-13,15H2,1-2H3,(H,27,28). The van der Waals surface area contributed by atoms with Crippen molar-refractivity contribution in [3.63, 3.8) is 0 Å². The maximum absolute atomic E-state index is 11.7. The highest BCUT2D eigenvalue weighted by molar-refractivity contribution is 5.85. The minimum absolute atomic E-state index is 0.137. The van der Waals surface area contributed by atoms with E-state index in [2.05, 4.69) is 58.5 Å². The Kier molecular flexibility index (Phi) is 4.58. The quantitative estimate of drug-likeness (QED) is 0.534. The minimum Gasteiger partial charge on any atom is -0.342 e. The Labute approximate surface area is 175 Å². The fourth-order valence-corrected chi connectivity index (χ4v) is 4.33. The zero-order valence-electron chi connectivity index (χ0n) is 17.2. The first-order chi connectivity index (χ1) is 14.6. The average molecular weight is 396 g/mol. The molecule has 150 valence electrons. The summed E-state index contributed by atoms with van der Waals surface area (Å²) in [4.78, 5) is 26.7. The van der Waals surface area contributed by atoms with E-state index in [1.54, 1.807) is 6.92 Å². The topological polar surface area (TPSA) is 61.9 Å². The van der Waals surface area contributed by atoms with Crippen LogP contribution in [0.2, 0.25) is 0 Å². The number of carbonyl (C=O) groups is 1. The second-order valence-corrected chi connectivity index (χ2v) is 8.00. The molecule has 30 heavy (non-hydrogen) atoms. The van der Waals surface area contributed by atoms with E-state index in [0.717, 1.165) is 53.2 Å². The zero-order chi connectivity index (χ0) is 20.7. The summed E-state index contributed by atoms with van der Waals surface area (Å²) in [5.41, 5.74) is 7.46. The first kappa shape index (κ1) is 18.6. The highest BCUT2D eigenvalue weighted by Gasteiger charge is 2.28. The third kappa shape index (κ3) is 3.26. The van der Waals surface area contributed by atoms with Gasteiger partial charge >= 0.3 is 0 Å². The van der Waals surface area contributed by atoms with Gasteiger partial charge in [-0.1, -0.05) is 54.6 Å². The number of imidazole rings is 1. The number of carbonyl (C=O) groups excluding carboxylic acids is 1. The number of nitrogens with one attached hydrogen (secondary N) is 1. The summed E-state index contributed by atoms with van der Waals surface area (Å²) < 4.78 is 0. The minimum atomic E-state index is 0.137. The molecule has 5 nitrogen and oxygen atoms in total. The van der Waals surface area contributed by atoms with Crippen LogP contribution >= 0.6 is 0 Å². The van der Waals surface area contributed by atoms with Crippen molar-refractivity contribution in [3.8, 4) is 22.5 Å². The van der Waals surface area contributed by atoms with Crippen molar-refractivity contribution in [3.05, 3.63) is 72.1 Å². The molecule has 4 aromatic rings. The fourth-order valence-electron chi connectivity index (χ4n) is 4.33. The highest BCUT2D eigenvalue weighted by Crippen LogP contribution is 2.33. The van der Waals surface area contributed by atoms with Crippen LogP contribution in [0.15, 0.2) is 60.8 Å². The van der Waals surface area contributed by atoms with Gasteiger partial charge in [-0.05, 0) is 24.5 Å². The van der Waals surface area contributed by atoms with Crippen LogP contribution in [0, 0.1) is 6.92 Å². The van der Waals surface area contributed by atoms with E-state index in [0.29, 0.717) is 5.92 Å². The molecule has 0 radical (unpaired) electrons. The highest BCUT2D eigenvalue weighted by atomic mass is 16.2. The monoisotopic (exact) mass is 396 g/mol. The van der Waals surface area contributed by atoms with Gasteiger partial charge in [0.15, 0.2) is 0 Å². The number of nitrogens with zero attached hydrogens (tertiary/aromatic N) is 3. The van der Waals surface area contributed by atoms with Crippen molar-refractivity contribution in [1.82, 2.24) is 19.9 Å². The van der Waals surface area contributed by atoms with E-state index in [4.69, 9.17) is 4.98 Å². The number of rotatable bonds is 3. The Bertz CT molecular complexity index is 1210. The van der Waals surface area contributed by atoms with Crippen molar-refractivity contribution in [2.24, 2.45) is 0 Å². The molecule has 1 fully saturated rings. The van der Waals surface area contributed by atoms with Gasteiger partial charge < -0.3 is 9.88 Å². The van der Waals surface area contributed by atoms with E-state index in [9.17, 15) is 4.79 Å². The Morgan fingerprint density at radius 1 is 1.03 bits per heavy atom. The normalized spacial score (nSPS) is 16.3. The number of benzene rings is 2. The van der Waals surface area contributed by atoms with Gasteiger partial charge in [0.25, 0.3) is 0 Å². The number of aromatic nitrogens is 3. The number of H-pyrrole nitrogens is 1. The van der Waals surface area contributed by atoms with Gasteiger partial charge in [0.1, 0.15) is 11.3 Å². The molecule has 1 amide bonds. The Hall–Kier alpha value is -3.47. The molecule has 0 aliphatic carbocycles. The molecular formula is C25H24N4O. The maximum Gasteiger partial charge on any atom is 0.219 e. The van der Waals surface area contributed by atoms with E-state index in [1.807, 2.05) is 24.1 Å². The summed E-state index contributed by atoms with van der Waals surface area (Å²) in [5, 5.41) is 0. The molecule has 0 bridgehead atoms. The van der Waals surface area contributed by atoms with E-state index in [-0.39, 0.29) is 5.91 Å². The second kappa shape index (κ2) is 7.41. The molecule has 2 aromatic heterocycles. The molecule has 1 aliphatic rings. The van der Waals surface area contributed by atoms with Crippen molar-refractivity contribution in [2.45, 2.75) is 26.2 Å². The molecule has 1 saturated heterocycles. The summed E-state index contributed by atoms with van der Waals surface area (Å²) in [7, 11) is 0. The van der Waals surface area contributed by atoms with Crippen LogP contribution in [0.4, 0.5) is 0 Å². The van der Waals surface area contributed by atoms with Crippen molar-refractivity contribution < 1.29 is 4.79 Å². The van der Waals surface area contributed by atoms with E-state index < -0.39 is 0 Å². The number of likely N-dealkylation sites (tertiary alicyclic amines) is 1. The van der Waals surface area contributed by atoms with Crippen LogP contribution < -0.4 is 0 Å². The summed E-state index contributed by atoms with van der Waals surface area (Å²) in [5.74, 6) is 1.28. The fraction of sp³-hybridized carbons (Fsp3) is 0.240. The lowest BCUT2D eigenvalue weighted by Gasteiger charge is -2.14. The molecule has 2 aromatic carbocycles. The second-order valence-electron chi connectivity index (χ2n) is 8.00. The zero-order valence-corrected chi connectivity index (χ0v) is 17.2. The molecule has 5 rings (SSSR count). The molecule has 3 heterocycles. The Morgan fingerprint density at radius 2 is 1.73 bits per heavy atom. The number of hydrogen-bond donors (Lipinski definition) is 1. The molecule has 0 spiro atoms. The molecule has 0 saturated carbocycles. The smallest absolute Gasteiger partial charge is 0.219 e. The molecule has 1 N–H and O–H groups in total. The van der Waals surface area contributed by atoms with Gasteiger partial charge in [0, 0.05) is 43.3 Å². The van der Waals surface area contributed by atoms with Crippen LogP contribution in [0.1, 0.15) is 30.5 Å². The molecule has 1 aliphatic heterocycles. The number of aryl methyl sites for hydroxylation is 1. The summed E-state index contributed by atoms with van der Waals surface area (Å²) in [6.07, 6.45) is 2.91. The van der Waals surface area contributed by atoms with Gasteiger partial charge in [-0.3, -0.25) is 9.78 Å². The summed E-state index contributed by atoms with van der Waals surface area (Å²) in [6.45, 7) is 5.18. The maximum atomic E-state index is 11.7. The SMILES string of the molecule is CC(=O)N1CCC(c2cnc(C)c3nc(-c4ccc(-c5ccccc5)cc4)[nH]c23)C1. The van der Waals surface area contributed by atoms with Crippen LogP contribution in [-0.2, 0) is 4.79 Å². The number of aromatic amines is 1. The van der Waals surface area contributed by atoms with Crippen molar-refractivity contribution in [1.29, 1.82) is 0 Å². The van der Waals surface area contributed by atoms with Gasteiger partial charge in [0.05, 0.1) is 11.2 Å². The lowest BCUT2D eigenvalue weighted by molar-refractivity contribution is -0.127. The Morgan fingerprint density at radius 3 is 2.43 bits per heavy atom. The van der Waals surface area contributed by atoms with Gasteiger partial charge in [-0.25, -0.2) is 4.98 Å². The first-order valence-electron chi connectivity index (χ1n) is 10.4. The summed E-state index contributed by atoms with van der Waals surface area (Å²) >= 11 is 0. The third-order valence-electron chi connectivity index (χ3n) is 6.07. The molecular weight excluding hydrogens is 372 g/mol. The first-order valence-corrected chi connectivity index (χ1v) is 10.4. The number of pyridine rings is 1. The largest absolute Gasteiger partial charge is 0.342 e. The number of fused-ring (bicyclic) bond motifs is 1. The van der Waals surface area contributed by atoms with Crippen LogP contribution in [-0.4, -0.2) is 38.8 Å². The van der Waals surface area contributed by atoms with Crippen LogP contribution in [0.25, 0.3) is 33.5 Å².